The molecule has 0 radical (unpaired) electrons. The lowest BCUT2D eigenvalue weighted by Crippen LogP contribution is -2.42. The van der Waals surface area contributed by atoms with E-state index in [2.05, 4.69) is 26.1 Å². The maximum absolute atomic E-state index is 15.6. The number of fused-ring (bicyclic) bond motifs is 2. The lowest BCUT2D eigenvalue weighted by Gasteiger charge is -2.27. The average Bonchev–Trinajstić information content (AvgIpc) is 4.16. The Hall–Kier alpha value is -5.88. The summed E-state index contributed by atoms with van der Waals surface area (Å²) in [5.74, 6) is 2.55. The molecule has 2 saturated carbocycles. The van der Waals surface area contributed by atoms with Gasteiger partial charge in [-0.1, -0.05) is 5.92 Å². The fourth-order valence-corrected chi connectivity index (χ4v) is 9.85. The molecule has 0 bridgehead atoms. The Balaban J connectivity index is 0.000000211. The third-order valence-corrected chi connectivity index (χ3v) is 14.0. The molecule has 4 aromatic rings. The summed E-state index contributed by atoms with van der Waals surface area (Å²) in [6.45, 7) is 14.6. The number of rotatable bonds is 9. The maximum Gasteiger partial charge on any atom is 0.534 e. The zero-order chi connectivity index (χ0) is 50.7. The predicted molar refractivity (Wildman–Crippen MR) is 250 cm³/mol. The fourth-order valence-electron chi connectivity index (χ4n) is 9.38. The first-order valence-corrected chi connectivity index (χ1v) is 24.2. The average molecular weight is 989 g/mol. The Labute approximate surface area is 396 Å². The third kappa shape index (κ3) is 10.8. The Kier molecular flexibility index (Phi) is 14.1. The SMILES string of the molecule is COC(=O)C#Cc1cc(=O)n(C2CC2)c2c(C)c(N3CC[C@@H]([C@H](C)N)C3)c(F)cc12.Cc1c(N2CC[C@@H]([C@H](C)NC(=O)OC(C)(C)C)C2)c(F)cc2c(OS(=O)(=O)C(F)(F)F)cc(=O)n(C3CC3)c12. The molecule has 2 aliphatic heterocycles. The van der Waals surface area contributed by atoms with Crippen LogP contribution in [0.4, 0.5) is 38.1 Å². The molecule has 15 nitrogen and oxygen atoms in total. The number of anilines is 2. The molecule has 1 amide bonds. The smallest absolute Gasteiger partial charge is 0.459 e. The Morgan fingerprint density at radius 2 is 1.29 bits per heavy atom. The highest BCUT2D eigenvalue weighted by molar-refractivity contribution is 7.88. The van der Waals surface area contributed by atoms with Gasteiger partial charge < -0.3 is 43.6 Å². The lowest BCUT2D eigenvalue weighted by atomic mass is 10.0. The second-order valence-corrected chi connectivity index (χ2v) is 20.9. The van der Waals surface area contributed by atoms with E-state index in [0.29, 0.717) is 73.0 Å². The van der Waals surface area contributed by atoms with Gasteiger partial charge in [-0.05, 0) is 122 Å². The number of aromatic nitrogens is 2. The lowest BCUT2D eigenvalue weighted by molar-refractivity contribution is -0.133. The number of methoxy groups -OCH3 is 1. The van der Waals surface area contributed by atoms with Crippen molar-refractivity contribution in [3.05, 3.63) is 73.3 Å². The van der Waals surface area contributed by atoms with Crippen LogP contribution in [0.3, 0.4) is 0 Å². The van der Waals surface area contributed by atoms with Crippen LogP contribution in [0.25, 0.3) is 21.8 Å². The molecular weight excluding hydrogens is 932 g/mol. The molecule has 2 aromatic heterocycles. The fraction of sp³-hybridized carbons (Fsp3) is 0.542. The predicted octanol–water partition coefficient (Wildman–Crippen LogP) is 7.23. The number of nitrogens with one attached hydrogen (secondary N) is 1. The van der Waals surface area contributed by atoms with E-state index in [1.807, 2.05) is 25.7 Å². The summed E-state index contributed by atoms with van der Waals surface area (Å²) in [4.78, 5) is 53.3. The zero-order valence-corrected chi connectivity index (χ0v) is 40.5. The number of hydrogen-bond acceptors (Lipinski definition) is 12. The quantitative estimate of drug-likeness (QED) is 0.0565. The number of carbonyl (C=O) groups excluding carboxylic acids is 2. The van der Waals surface area contributed by atoms with Crippen molar-refractivity contribution in [3.8, 4) is 17.6 Å². The minimum absolute atomic E-state index is 0.0451. The first-order valence-electron chi connectivity index (χ1n) is 22.8. The number of carbonyl (C=O) groups is 2. The van der Waals surface area contributed by atoms with Crippen molar-refractivity contribution in [2.45, 2.75) is 122 Å². The van der Waals surface area contributed by atoms with E-state index in [4.69, 9.17) is 10.5 Å². The van der Waals surface area contributed by atoms with E-state index in [1.54, 1.807) is 30.2 Å². The van der Waals surface area contributed by atoms with Gasteiger partial charge in [-0.25, -0.2) is 18.4 Å². The Morgan fingerprint density at radius 1 is 0.797 bits per heavy atom. The molecule has 4 heterocycles. The molecule has 0 unspecified atom stereocenters. The number of pyridine rings is 2. The number of esters is 1. The molecular formula is C48H57F5N6O9S. The van der Waals surface area contributed by atoms with Gasteiger partial charge in [0.05, 0.1) is 29.5 Å². The monoisotopic (exact) mass is 988 g/mol. The van der Waals surface area contributed by atoms with Gasteiger partial charge in [0, 0.05) is 84.7 Å². The van der Waals surface area contributed by atoms with Crippen LogP contribution in [0.1, 0.15) is 102 Å². The largest absolute Gasteiger partial charge is 0.534 e. The molecule has 374 valence electrons. The van der Waals surface area contributed by atoms with Crippen LogP contribution >= 0.6 is 0 Å². The molecule has 0 spiro atoms. The number of amides is 1. The highest BCUT2D eigenvalue weighted by atomic mass is 32.2. The molecule has 4 aliphatic rings. The Bertz CT molecular complexity index is 3000. The normalized spacial score (nSPS) is 19.4. The van der Waals surface area contributed by atoms with Crippen LogP contribution in [0.15, 0.2) is 33.9 Å². The topological polar surface area (TPSA) is 184 Å². The molecule has 4 atom stereocenters. The number of benzene rings is 2. The van der Waals surface area contributed by atoms with Gasteiger partial charge in [0.15, 0.2) is 5.75 Å². The number of hydrogen-bond donors (Lipinski definition) is 2. The molecule has 2 aliphatic carbocycles. The number of nitrogens with two attached hydrogens (primary N) is 1. The maximum atomic E-state index is 15.6. The van der Waals surface area contributed by atoms with Gasteiger partial charge in [0.25, 0.3) is 11.1 Å². The summed E-state index contributed by atoms with van der Waals surface area (Å²) in [5.41, 5.74) is 1.57. The minimum Gasteiger partial charge on any atom is -0.459 e. The second-order valence-electron chi connectivity index (χ2n) is 19.4. The summed E-state index contributed by atoms with van der Waals surface area (Å²) in [5, 5.41) is 3.09. The first kappa shape index (κ1) is 51.0. The van der Waals surface area contributed by atoms with E-state index >= 15 is 8.78 Å². The molecule has 4 fully saturated rings. The zero-order valence-electron chi connectivity index (χ0n) is 39.7. The van der Waals surface area contributed by atoms with Crippen LogP contribution in [0.5, 0.6) is 5.75 Å². The van der Waals surface area contributed by atoms with E-state index in [-0.39, 0.29) is 63.6 Å². The van der Waals surface area contributed by atoms with Crippen LogP contribution < -0.4 is 36.2 Å². The first-order chi connectivity index (χ1) is 32.2. The number of aryl methyl sites for hydroxylation is 2. The highest BCUT2D eigenvalue weighted by Crippen LogP contribution is 2.44. The van der Waals surface area contributed by atoms with Gasteiger partial charge in [-0.15, -0.1) is 0 Å². The van der Waals surface area contributed by atoms with Crippen molar-refractivity contribution in [1.29, 1.82) is 0 Å². The highest BCUT2D eigenvalue weighted by Gasteiger charge is 2.49. The van der Waals surface area contributed by atoms with E-state index in [1.165, 1.54) is 30.7 Å². The van der Waals surface area contributed by atoms with E-state index in [9.17, 15) is 40.8 Å². The van der Waals surface area contributed by atoms with Crippen LogP contribution in [0, 0.1) is 49.2 Å². The van der Waals surface area contributed by atoms with Gasteiger partial charge in [0.2, 0.25) is 0 Å². The number of ether oxygens (including phenoxy) is 2. The summed E-state index contributed by atoms with van der Waals surface area (Å²) in [6, 6.07) is 4.01. The van der Waals surface area contributed by atoms with Crippen molar-refractivity contribution >= 4 is 55.4 Å². The van der Waals surface area contributed by atoms with Crippen LogP contribution in [-0.4, -0.2) is 86.1 Å². The molecule has 8 rings (SSSR count). The number of alkyl carbamates (subject to hydrolysis) is 1. The third-order valence-electron chi connectivity index (χ3n) is 13.0. The van der Waals surface area contributed by atoms with Gasteiger partial charge >= 0.3 is 27.7 Å². The van der Waals surface area contributed by atoms with E-state index in [0.717, 1.165) is 37.4 Å². The number of alkyl halides is 3. The molecule has 2 aromatic carbocycles. The molecule has 2 saturated heterocycles. The van der Waals surface area contributed by atoms with Crippen molar-refractivity contribution in [3.63, 3.8) is 0 Å². The van der Waals surface area contributed by atoms with Crippen molar-refractivity contribution in [2.24, 2.45) is 17.6 Å². The van der Waals surface area contributed by atoms with Crippen LogP contribution in [0.2, 0.25) is 0 Å². The van der Waals surface area contributed by atoms with Crippen LogP contribution in [-0.2, 0) is 24.4 Å². The number of nitrogens with zero attached hydrogens (tertiary/aromatic N) is 4. The van der Waals surface area contributed by atoms with Gasteiger partial charge in [-0.3, -0.25) is 9.59 Å². The standard InChI is InChI=1S/C25H31F4N3O6S.C23H26FN3O3/c1-13-21-17(19(38-39(35,36)25(27,28)29)11-20(33)32(21)16-6-7-16)10-18(26)22(13)31-9-8-15(12-31)14(2)30-23(34)37-24(3,4)5;1-13-22-18(11-19(24)23(13)26-9-8-16(12-26)14(2)25)15(4-7-21(29)30-3)10-20(28)27(22)17-5-6-17/h10-11,14-16H,6-9,12H2,1-5H3,(H,30,34);10-11,14,16-17H,5-6,8-9,12,25H2,1-3H3/t14-,15+;14-,16+/m00/s1. The second kappa shape index (κ2) is 19.1. The van der Waals surface area contributed by atoms with Gasteiger partial charge in [-0.2, -0.15) is 21.6 Å². The molecule has 69 heavy (non-hydrogen) atoms. The van der Waals surface area contributed by atoms with Crippen molar-refractivity contribution in [1.82, 2.24) is 14.5 Å². The van der Waals surface area contributed by atoms with Crippen molar-refractivity contribution in [2.75, 3.05) is 43.1 Å². The van der Waals surface area contributed by atoms with Gasteiger partial charge in [0.1, 0.15) is 17.2 Å². The Morgan fingerprint density at radius 3 is 1.77 bits per heavy atom. The minimum atomic E-state index is -6.09. The molecule has 21 heteroatoms. The summed E-state index contributed by atoms with van der Waals surface area (Å²) in [7, 11) is -4.85. The summed E-state index contributed by atoms with van der Waals surface area (Å²) in [6.07, 6.45) is 4.07. The van der Waals surface area contributed by atoms with E-state index < -0.39 is 50.4 Å². The summed E-state index contributed by atoms with van der Waals surface area (Å²) < 4.78 is 111. The number of halogens is 5. The summed E-state index contributed by atoms with van der Waals surface area (Å²) >= 11 is 0. The van der Waals surface area contributed by atoms with Crippen molar-refractivity contribution < 1.29 is 53.6 Å². The molecule has 3 N–H and O–H groups in total.